The van der Waals surface area contributed by atoms with Crippen molar-refractivity contribution in [2.75, 3.05) is 6.54 Å². The molecule has 1 nitrogen and oxygen atoms in total. The average molecular weight is 406 g/mol. The second-order valence-electron chi connectivity index (χ2n) is 11.2. The molecular weight excluding hydrogens is 350 g/mol. The first-order valence-corrected chi connectivity index (χ1v) is 13.6. The van der Waals surface area contributed by atoms with Crippen LogP contribution in [0, 0.1) is 29.6 Å². The maximum Gasteiger partial charge on any atom is 0.0241 e. The summed E-state index contributed by atoms with van der Waals surface area (Å²) >= 11 is 0. The van der Waals surface area contributed by atoms with Crippen LogP contribution in [0.2, 0.25) is 0 Å². The zero-order valence-corrected chi connectivity index (χ0v) is 21.5. The molecule has 4 unspecified atom stereocenters. The predicted octanol–water partition coefficient (Wildman–Crippen LogP) is 8.71. The lowest BCUT2D eigenvalue weighted by atomic mass is 9.71. The normalized spacial score (nSPS) is 27.1. The van der Waals surface area contributed by atoms with Gasteiger partial charge < -0.3 is 0 Å². The molecule has 4 atom stereocenters. The lowest BCUT2D eigenvalue weighted by Gasteiger charge is -2.49. The van der Waals surface area contributed by atoms with E-state index in [-0.39, 0.29) is 0 Å². The van der Waals surface area contributed by atoms with Crippen molar-refractivity contribution in [2.45, 2.75) is 144 Å². The molecule has 0 bridgehead atoms. The van der Waals surface area contributed by atoms with Crippen molar-refractivity contribution in [3.05, 3.63) is 0 Å². The van der Waals surface area contributed by atoms with Crippen LogP contribution in [0.3, 0.4) is 0 Å². The minimum absolute atomic E-state index is 0.439. The van der Waals surface area contributed by atoms with Gasteiger partial charge in [-0.05, 0) is 87.5 Å². The Morgan fingerprint density at radius 1 is 0.862 bits per heavy atom. The zero-order valence-electron chi connectivity index (χ0n) is 21.5. The van der Waals surface area contributed by atoms with Crippen LogP contribution in [0.5, 0.6) is 0 Å². The van der Waals surface area contributed by atoms with E-state index in [0.717, 1.165) is 29.6 Å². The number of hydrogen-bond acceptors (Lipinski definition) is 1. The van der Waals surface area contributed by atoms with Gasteiger partial charge in [0.1, 0.15) is 0 Å². The van der Waals surface area contributed by atoms with Crippen molar-refractivity contribution in [1.82, 2.24) is 4.90 Å². The van der Waals surface area contributed by atoms with Crippen molar-refractivity contribution >= 4 is 0 Å². The van der Waals surface area contributed by atoms with E-state index in [4.69, 9.17) is 0 Å². The first-order valence-electron chi connectivity index (χ1n) is 13.6. The van der Waals surface area contributed by atoms with Gasteiger partial charge >= 0.3 is 0 Å². The molecule has 29 heavy (non-hydrogen) atoms. The van der Waals surface area contributed by atoms with E-state index in [1.807, 2.05) is 0 Å². The predicted molar refractivity (Wildman–Crippen MR) is 130 cm³/mol. The van der Waals surface area contributed by atoms with E-state index in [1.54, 1.807) is 0 Å². The summed E-state index contributed by atoms with van der Waals surface area (Å²) in [6, 6.07) is 0. The van der Waals surface area contributed by atoms with Crippen LogP contribution in [-0.4, -0.2) is 22.5 Å². The third kappa shape index (κ3) is 5.42. The molecule has 0 aromatic carbocycles. The van der Waals surface area contributed by atoms with Gasteiger partial charge in [-0.3, -0.25) is 4.90 Å². The molecule has 0 aromatic heterocycles. The third-order valence-electron chi connectivity index (χ3n) is 9.80. The molecule has 1 aliphatic carbocycles. The Kier molecular flexibility index (Phi) is 9.58. The number of nitrogens with zero attached hydrogens (tertiary/aromatic N) is 1. The van der Waals surface area contributed by atoms with Gasteiger partial charge in [-0.2, -0.15) is 0 Å². The molecule has 2 rings (SSSR count). The van der Waals surface area contributed by atoms with E-state index < -0.39 is 0 Å². The Labute approximate surface area is 184 Å². The topological polar surface area (TPSA) is 3.24 Å². The fourth-order valence-electron chi connectivity index (χ4n) is 7.23. The number of likely N-dealkylation sites (tertiary alicyclic amines) is 1. The summed E-state index contributed by atoms with van der Waals surface area (Å²) in [5.74, 6) is 4.64. The lowest BCUT2D eigenvalue weighted by Crippen LogP contribution is -2.55. The van der Waals surface area contributed by atoms with Crippen molar-refractivity contribution < 1.29 is 0 Å². The number of hydrogen-bond donors (Lipinski definition) is 0. The number of rotatable bonds is 14. The zero-order chi connectivity index (χ0) is 21.7. The van der Waals surface area contributed by atoms with E-state index in [9.17, 15) is 0 Å². The van der Waals surface area contributed by atoms with Crippen LogP contribution in [0.4, 0.5) is 0 Å². The lowest BCUT2D eigenvalue weighted by molar-refractivity contribution is -0.00116. The molecule has 1 heteroatoms. The van der Waals surface area contributed by atoms with Crippen LogP contribution in [0.15, 0.2) is 0 Å². The van der Waals surface area contributed by atoms with Gasteiger partial charge in [0, 0.05) is 11.1 Å². The standard InChI is InChI=1S/C28H55N/c1-9-22(7)19-24(10-2)17-18-29-27(11-3,12-4)21-26(28(29,13-5)14-6)23(8)20-25-15-16-25/h22-26H,9-21H2,1-8H3. The highest BCUT2D eigenvalue weighted by molar-refractivity contribution is 5.12. The van der Waals surface area contributed by atoms with Gasteiger partial charge in [0.15, 0.2) is 0 Å². The quantitative estimate of drug-likeness (QED) is 0.279. The van der Waals surface area contributed by atoms with Crippen LogP contribution in [0.25, 0.3) is 0 Å². The molecule has 1 saturated carbocycles. The molecule has 0 N–H and O–H groups in total. The molecule has 172 valence electrons. The first kappa shape index (κ1) is 25.2. The summed E-state index contributed by atoms with van der Waals surface area (Å²) in [6.07, 6.45) is 16.8. The summed E-state index contributed by atoms with van der Waals surface area (Å²) in [5.41, 5.74) is 0.887. The van der Waals surface area contributed by atoms with E-state index in [2.05, 4.69) is 60.3 Å². The van der Waals surface area contributed by atoms with Gasteiger partial charge in [-0.15, -0.1) is 0 Å². The van der Waals surface area contributed by atoms with Crippen molar-refractivity contribution in [2.24, 2.45) is 29.6 Å². The molecule has 2 fully saturated rings. The minimum atomic E-state index is 0.439. The van der Waals surface area contributed by atoms with Gasteiger partial charge in [0.2, 0.25) is 0 Å². The summed E-state index contributed by atoms with van der Waals surface area (Å²) in [4.78, 5) is 3.12. The second-order valence-corrected chi connectivity index (χ2v) is 11.2. The highest BCUT2D eigenvalue weighted by Crippen LogP contribution is 2.56. The Morgan fingerprint density at radius 2 is 1.48 bits per heavy atom. The highest BCUT2D eigenvalue weighted by atomic mass is 15.3. The fourth-order valence-corrected chi connectivity index (χ4v) is 7.23. The Hall–Kier alpha value is -0.0400. The smallest absolute Gasteiger partial charge is 0.0241 e. The van der Waals surface area contributed by atoms with E-state index >= 15 is 0 Å². The molecule has 0 spiro atoms. The molecular formula is C28H55N. The van der Waals surface area contributed by atoms with Gasteiger partial charge in [-0.25, -0.2) is 0 Å². The van der Waals surface area contributed by atoms with Crippen molar-refractivity contribution in [3.63, 3.8) is 0 Å². The SMILES string of the molecule is CCC(C)CC(CC)CCN1C(CC)(CC)CC(C(C)CC2CC2)C1(CC)CC. The molecule has 1 saturated heterocycles. The van der Waals surface area contributed by atoms with Gasteiger partial charge in [0.25, 0.3) is 0 Å². The highest BCUT2D eigenvalue weighted by Gasteiger charge is 2.58. The van der Waals surface area contributed by atoms with Crippen molar-refractivity contribution in [1.29, 1.82) is 0 Å². The molecule has 1 heterocycles. The van der Waals surface area contributed by atoms with E-state index in [1.165, 1.54) is 83.6 Å². The summed E-state index contributed by atoms with van der Waals surface area (Å²) in [7, 11) is 0. The maximum absolute atomic E-state index is 3.12. The second kappa shape index (κ2) is 11.0. The summed E-state index contributed by atoms with van der Waals surface area (Å²) in [5, 5.41) is 0. The molecule has 0 aromatic rings. The Balaban J connectivity index is 2.25. The summed E-state index contributed by atoms with van der Waals surface area (Å²) < 4.78 is 0. The first-order chi connectivity index (χ1) is 13.9. The minimum Gasteiger partial charge on any atom is -0.292 e. The maximum atomic E-state index is 3.12. The van der Waals surface area contributed by atoms with Crippen LogP contribution in [-0.2, 0) is 0 Å². The summed E-state index contributed by atoms with van der Waals surface area (Å²) in [6.45, 7) is 21.2. The fraction of sp³-hybridized carbons (Fsp3) is 1.00. The molecule has 2 aliphatic rings. The largest absolute Gasteiger partial charge is 0.292 e. The third-order valence-corrected chi connectivity index (χ3v) is 9.80. The van der Waals surface area contributed by atoms with E-state index in [0.29, 0.717) is 11.1 Å². The Bertz CT molecular complexity index is 457. The van der Waals surface area contributed by atoms with Crippen LogP contribution < -0.4 is 0 Å². The molecule has 0 amide bonds. The van der Waals surface area contributed by atoms with Crippen LogP contribution in [0.1, 0.15) is 132 Å². The Morgan fingerprint density at radius 3 is 1.93 bits per heavy atom. The van der Waals surface area contributed by atoms with Crippen molar-refractivity contribution in [3.8, 4) is 0 Å². The molecule has 1 aliphatic heterocycles. The molecule has 0 radical (unpaired) electrons. The van der Waals surface area contributed by atoms with Gasteiger partial charge in [0.05, 0.1) is 0 Å². The van der Waals surface area contributed by atoms with Gasteiger partial charge in [-0.1, -0.05) is 81.1 Å². The average Bonchev–Trinajstić information content (AvgIpc) is 3.51. The monoisotopic (exact) mass is 405 g/mol. The van der Waals surface area contributed by atoms with Crippen LogP contribution >= 0.6 is 0 Å².